The van der Waals surface area contributed by atoms with Crippen LogP contribution in [0.5, 0.6) is 0 Å². The maximum Gasteiger partial charge on any atom is 0.0269 e. The van der Waals surface area contributed by atoms with E-state index in [1.807, 2.05) is 13.2 Å². The van der Waals surface area contributed by atoms with E-state index >= 15 is 0 Å². The minimum atomic E-state index is 0.671. The lowest BCUT2D eigenvalue weighted by Gasteiger charge is -2.01. The molecule has 1 atom stereocenters. The fourth-order valence-corrected chi connectivity index (χ4v) is 1.12. The van der Waals surface area contributed by atoms with E-state index in [9.17, 15) is 0 Å². The number of allylic oxidation sites excluding steroid dienone is 1. The van der Waals surface area contributed by atoms with Crippen LogP contribution in [-0.2, 0) is 0 Å². The predicted octanol–water partition coefficient (Wildman–Crippen LogP) is 0.819. The average Bonchev–Trinajstić information content (AvgIpc) is 2.17. The van der Waals surface area contributed by atoms with E-state index in [1.54, 1.807) is 0 Å². The van der Waals surface area contributed by atoms with Crippen molar-refractivity contribution in [2.45, 2.75) is 25.8 Å². The van der Waals surface area contributed by atoms with E-state index < -0.39 is 0 Å². The van der Waals surface area contributed by atoms with Gasteiger partial charge in [0.05, 0.1) is 0 Å². The Morgan fingerprint density at radius 2 is 2.56 bits per heavy atom. The third-order valence-corrected chi connectivity index (χ3v) is 1.60. The maximum absolute atomic E-state index is 3.35. The SMILES string of the molecule is CN/C=C1\CCC(C)N1. The number of nitrogens with one attached hydrogen (secondary N) is 2. The first-order valence-corrected chi connectivity index (χ1v) is 3.46. The molecule has 1 aliphatic heterocycles. The quantitative estimate of drug-likeness (QED) is 0.543. The third-order valence-electron chi connectivity index (χ3n) is 1.60. The summed E-state index contributed by atoms with van der Waals surface area (Å²) in [6.45, 7) is 2.20. The average molecular weight is 126 g/mol. The molecule has 0 amide bonds. The van der Waals surface area contributed by atoms with Gasteiger partial charge in [0.2, 0.25) is 0 Å². The molecule has 2 nitrogen and oxygen atoms in total. The van der Waals surface area contributed by atoms with Crippen LogP contribution in [0.4, 0.5) is 0 Å². The molecule has 2 N–H and O–H groups in total. The molecule has 52 valence electrons. The molecule has 1 rings (SSSR count). The van der Waals surface area contributed by atoms with Gasteiger partial charge in [0.15, 0.2) is 0 Å². The van der Waals surface area contributed by atoms with Crippen molar-refractivity contribution in [2.24, 2.45) is 0 Å². The lowest BCUT2D eigenvalue weighted by atomic mass is 10.2. The van der Waals surface area contributed by atoms with Crippen LogP contribution in [-0.4, -0.2) is 13.1 Å². The Bertz CT molecular complexity index is 118. The molecule has 1 saturated heterocycles. The van der Waals surface area contributed by atoms with Gasteiger partial charge in [-0.25, -0.2) is 0 Å². The minimum Gasteiger partial charge on any atom is -0.393 e. The zero-order valence-corrected chi connectivity index (χ0v) is 6.07. The van der Waals surface area contributed by atoms with E-state index in [1.165, 1.54) is 18.5 Å². The molecule has 0 radical (unpaired) electrons. The molecule has 0 aliphatic carbocycles. The van der Waals surface area contributed by atoms with Gasteiger partial charge < -0.3 is 10.6 Å². The highest BCUT2D eigenvalue weighted by molar-refractivity contribution is 5.04. The highest BCUT2D eigenvalue weighted by Gasteiger charge is 2.11. The second-order valence-electron chi connectivity index (χ2n) is 2.54. The van der Waals surface area contributed by atoms with E-state index in [-0.39, 0.29) is 0 Å². The Morgan fingerprint density at radius 3 is 3.00 bits per heavy atom. The fraction of sp³-hybridized carbons (Fsp3) is 0.714. The van der Waals surface area contributed by atoms with E-state index in [0.717, 1.165) is 0 Å². The van der Waals surface area contributed by atoms with Crippen molar-refractivity contribution in [2.75, 3.05) is 7.05 Å². The second-order valence-corrected chi connectivity index (χ2v) is 2.54. The van der Waals surface area contributed by atoms with E-state index in [4.69, 9.17) is 0 Å². The van der Waals surface area contributed by atoms with Crippen molar-refractivity contribution in [3.63, 3.8) is 0 Å². The monoisotopic (exact) mass is 126 g/mol. The molecule has 0 bridgehead atoms. The first kappa shape index (κ1) is 6.46. The molecular weight excluding hydrogens is 112 g/mol. The van der Waals surface area contributed by atoms with Crippen molar-refractivity contribution in [3.8, 4) is 0 Å². The van der Waals surface area contributed by atoms with Crippen molar-refractivity contribution in [3.05, 3.63) is 11.9 Å². The summed E-state index contributed by atoms with van der Waals surface area (Å²) in [5.41, 5.74) is 1.34. The zero-order valence-electron chi connectivity index (χ0n) is 6.07. The number of rotatable bonds is 1. The normalized spacial score (nSPS) is 30.4. The molecule has 0 aromatic heterocycles. The van der Waals surface area contributed by atoms with Gasteiger partial charge in [0.25, 0.3) is 0 Å². The summed E-state index contributed by atoms with van der Waals surface area (Å²) in [5.74, 6) is 0. The third kappa shape index (κ3) is 1.63. The van der Waals surface area contributed by atoms with Crippen LogP contribution in [0.15, 0.2) is 11.9 Å². The van der Waals surface area contributed by atoms with Gasteiger partial charge in [0, 0.05) is 25.0 Å². The van der Waals surface area contributed by atoms with Crippen LogP contribution in [0.1, 0.15) is 19.8 Å². The Kier molecular flexibility index (Phi) is 1.98. The molecule has 1 aliphatic rings. The van der Waals surface area contributed by atoms with Crippen LogP contribution >= 0.6 is 0 Å². The van der Waals surface area contributed by atoms with Gasteiger partial charge in [-0.1, -0.05) is 0 Å². The molecule has 1 unspecified atom stereocenters. The molecule has 0 aromatic carbocycles. The lowest BCUT2D eigenvalue weighted by molar-refractivity contribution is 0.680. The van der Waals surface area contributed by atoms with Crippen molar-refractivity contribution >= 4 is 0 Å². The molecule has 2 heteroatoms. The standard InChI is InChI=1S/C7H14N2/c1-6-3-4-7(9-6)5-8-2/h5-6,8-9H,3-4H2,1-2H3/b7-5+. The van der Waals surface area contributed by atoms with Gasteiger partial charge in [-0.15, -0.1) is 0 Å². The fourth-order valence-electron chi connectivity index (χ4n) is 1.12. The van der Waals surface area contributed by atoms with Gasteiger partial charge >= 0.3 is 0 Å². The van der Waals surface area contributed by atoms with Gasteiger partial charge in [-0.3, -0.25) is 0 Å². The highest BCUT2D eigenvalue weighted by Crippen LogP contribution is 2.13. The Labute approximate surface area is 56.3 Å². The van der Waals surface area contributed by atoms with Crippen molar-refractivity contribution in [1.82, 2.24) is 10.6 Å². The van der Waals surface area contributed by atoms with Gasteiger partial charge in [-0.05, 0) is 19.8 Å². The summed E-state index contributed by atoms with van der Waals surface area (Å²) in [5, 5.41) is 6.36. The smallest absolute Gasteiger partial charge is 0.0269 e. The molecule has 1 heterocycles. The summed E-state index contributed by atoms with van der Waals surface area (Å²) in [6, 6.07) is 0.671. The maximum atomic E-state index is 3.35. The summed E-state index contributed by atoms with van der Waals surface area (Å²) < 4.78 is 0. The summed E-state index contributed by atoms with van der Waals surface area (Å²) in [6.07, 6.45) is 4.50. The number of hydrogen-bond acceptors (Lipinski definition) is 2. The summed E-state index contributed by atoms with van der Waals surface area (Å²) in [4.78, 5) is 0. The molecular formula is C7H14N2. The zero-order chi connectivity index (χ0) is 6.69. The largest absolute Gasteiger partial charge is 0.393 e. The second kappa shape index (κ2) is 2.76. The van der Waals surface area contributed by atoms with Gasteiger partial charge in [-0.2, -0.15) is 0 Å². The summed E-state index contributed by atoms with van der Waals surface area (Å²) in [7, 11) is 1.93. The molecule has 0 aromatic rings. The van der Waals surface area contributed by atoms with Crippen LogP contribution in [0.3, 0.4) is 0 Å². The Morgan fingerprint density at radius 1 is 1.78 bits per heavy atom. The molecule has 0 spiro atoms. The Balaban J connectivity index is 2.38. The molecule has 9 heavy (non-hydrogen) atoms. The number of hydrogen-bond donors (Lipinski definition) is 2. The predicted molar refractivity (Wildman–Crippen MR) is 39.0 cm³/mol. The Hall–Kier alpha value is -0.660. The molecule has 0 saturated carbocycles. The van der Waals surface area contributed by atoms with E-state index in [0.29, 0.717) is 6.04 Å². The molecule has 1 fully saturated rings. The summed E-state index contributed by atoms with van der Waals surface area (Å²) >= 11 is 0. The van der Waals surface area contributed by atoms with Crippen LogP contribution in [0, 0.1) is 0 Å². The lowest BCUT2D eigenvalue weighted by Crippen LogP contribution is -2.16. The highest BCUT2D eigenvalue weighted by atomic mass is 15.0. The van der Waals surface area contributed by atoms with Crippen molar-refractivity contribution in [1.29, 1.82) is 0 Å². The van der Waals surface area contributed by atoms with Crippen LogP contribution in [0.25, 0.3) is 0 Å². The first-order chi connectivity index (χ1) is 4.33. The van der Waals surface area contributed by atoms with Crippen LogP contribution < -0.4 is 10.6 Å². The van der Waals surface area contributed by atoms with Crippen LogP contribution in [0.2, 0.25) is 0 Å². The van der Waals surface area contributed by atoms with E-state index in [2.05, 4.69) is 17.6 Å². The topological polar surface area (TPSA) is 24.1 Å². The van der Waals surface area contributed by atoms with Gasteiger partial charge in [0.1, 0.15) is 0 Å². The first-order valence-electron chi connectivity index (χ1n) is 3.46. The van der Waals surface area contributed by atoms with Crippen molar-refractivity contribution < 1.29 is 0 Å². The minimum absolute atomic E-state index is 0.671.